The number of methoxy groups -OCH3 is 2. The average molecular weight is 494 g/mol. The maximum absolute atomic E-state index is 11.9. The molecule has 0 radical (unpaired) electrons. The van der Waals surface area contributed by atoms with Gasteiger partial charge in [0.05, 0.1) is 19.1 Å². The first-order chi connectivity index (χ1) is 16.6. The van der Waals surface area contributed by atoms with Gasteiger partial charge in [0.2, 0.25) is 0 Å². The molecule has 1 N–H and O–H groups in total. The largest absolute Gasteiger partial charge is 0.493 e. The second-order valence-corrected chi connectivity index (χ2v) is 9.03. The Balaban J connectivity index is 1.42. The number of amides is 1. The van der Waals surface area contributed by atoms with E-state index >= 15 is 0 Å². The Morgan fingerprint density at radius 3 is 2.12 bits per heavy atom. The predicted octanol–water partition coefficient (Wildman–Crippen LogP) is 5.35. The number of benzene rings is 3. The molecule has 0 unspecified atom stereocenters. The van der Waals surface area contributed by atoms with Crippen LogP contribution in [0.25, 0.3) is 6.08 Å². The lowest BCUT2D eigenvalue weighted by Crippen LogP contribution is -2.17. The summed E-state index contributed by atoms with van der Waals surface area (Å²) < 4.78 is 23.4. The fraction of sp³-hybridized carbons (Fsp3) is 0.154. The van der Waals surface area contributed by atoms with Crippen molar-refractivity contribution in [3.05, 3.63) is 88.3 Å². The van der Waals surface area contributed by atoms with Gasteiger partial charge in [-0.1, -0.05) is 66.4 Å². The van der Waals surface area contributed by atoms with E-state index in [1.54, 1.807) is 20.3 Å². The first-order valence-electron chi connectivity index (χ1n) is 10.4. The van der Waals surface area contributed by atoms with E-state index in [0.717, 1.165) is 16.7 Å². The predicted molar refractivity (Wildman–Crippen MR) is 137 cm³/mol. The van der Waals surface area contributed by atoms with E-state index in [1.165, 1.54) is 11.8 Å². The summed E-state index contributed by atoms with van der Waals surface area (Å²) in [5, 5.41) is 2.61. The molecule has 1 heterocycles. The van der Waals surface area contributed by atoms with Crippen LogP contribution in [0, 0.1) is 0 Å². The van der Waals surface area contributed by atoms with Gasteiger partial charge in [0, 0.05) is 0 Å². The molecule has 0 bridgehead atoms. The molecule has 34 heavy (non-hydrogen) atoms. The van der Waals surface area contributed by atoms with Gasteiger partial charge in [0.1, 0.15) is 17.5 Å². The Bertz CT molecular complexity index is 1230. The van der Waals surface area contributed by atoms with Crippen molar-refractivity contribution < 1.29 is 23.7 Å². The van der Waals surface area contributed by atoms with Crippen molar-refractivity contribution in [2.24, 2.45) is 0 Å². The topological polar surface area (TPSA) is 66.0 Å². The third-order valence-electron chi connectivity index (χ3n) is 4.99. The minimum atomic E-state index is -0.195. The van der Waals surface area contributed by atoms with Gasteiger partial charge < -0.3 is 24.3 Å². The van der Waals surface area contributed by atoms with Crippen LogP contribution in [-0.2, 0) is 18.0 Å². The molecule has 174 valence electrons. The zero-order valence-electron chi connectivity index (χ0n) is 18.7. The van der Waals surface area contributed by atoms with E-state index in [2.05, 4.69) is 5.32 Å². The third-order valence-corrected chi connectivity index (χ3v) is 6.15. The summed E-state index contributed by atoms with van der Waals surface area (Å²) in [6.45, 7) is 0.775. The Kier molecular flexibility index (Phi) is 7.72. The molecule has 0 atom stereocenters. The van der Waals surface area contributed by atoms with Crippen molar-refractivity contribution in [3.8, 4) is 23.0 Å². The smallest absolute Gasteiger partial charge is 0.263 e. The maximum Gasteiger partial charge on any atom is 0.263 e. The summed E-state index contributed by atoms with van der Waals surface area (Å²) in [6.07, 6.45) is 1.77. The highest BCUT2D eigenvalue weighted by Gasteiger charge is 2.22. The maximum atomic E-state index is 11.9. The molecule has 1 fully saturated rings. The van der Waals surface area contributed by atoms with E-state index in [9.17, 15) is 4.79 Å². The second kappa shape index (κ2) is 11.1. The van der Waals surface area contributed by atoms with Crippen LogP contribution in [-0.4, -0.2) is 24.4 Å². The monoisotopic (exact) mass is 493 g/mol. The number of ether oxygens (including phenoxy) is 4. The molecule has 1 saturated heterocycles. The number of rotatable bonds is 9. The van der Waals surface area contributed by atoms with Crippen LogP contribution in [0.1, 0.15) is 16.7 Å². The molecule has 1 aliphatic heterocycles. The zero-order chi connectivity index (χ0) is 23.9. The molecule has 6 nitrogen and oxygen atoms in total. The second-order valence-electron chi connectivity index (χ2n) is 7.31. The average Bonchev–Trinajstić information content (AvgIpc) is 3.18. The minimum absolute atomic E-state index is 0.195. The highest BCUT2D eigenvalue weighted by molar-refractivity contribution is 8.26. The fourth-order valence-electron chi connectivity index (χ4n) is 3.28. The molecule has 0 aliphatic carbocycles. The highest BCUT2D eigenvalue weighted by atomic mass is 32.2. The van der Waals surface area contributed by atoms with E-state index in [1.807, 2.05) is 66.7 Å². The number of thiocarbonyl (C=S) groups is 1. The van der Waals surface area contributed by atoms with E-state index in [-0.39, 0.29) is 5.91 Å². The molecule has 4 rings (SSSR count). The molecule has 1 aliphatic rings. The fourth-order valence-corrected chi connectivity index (χ4v) is 4.33. The summed E-state index contributed by atoms with van der Waals surface area (Å²) in [5.74, 6) is 2.26. The van der Waals surface area contributed by atoms with Crippen LogP contribution < -0.4 is 24.3 Å². The number of hydrogen-bond donors (Lipinski definition) is 1. The molecule has 0 spiro atoms. The first kappa shape index (κ1) is 23.7. The summed E-state index contributed by atoms with van der Waals surface area (Å²) in [4.78, 5) is 12.4. The number of hydrogen-bond acceptors (Lipinski definition) is 7. The molecule has 0 saturated carbocycles. The molecule has 8 heteroatoms. The van der Waals surface area contributed by atoms with Crippen molar-refractivity contribution in [1.82, 2.24) is 5.32 Å². The molecule has 0 aromatic heterocycles. The first-order valence-corrected chi connectivity index (χ1v) is 11.7. The van der Waals surface area contributed by atoms with Crippen molar-refractivity contribution in [2.75, 3.05) is 14.2 Å². The summed E-state index contributed by atoms with van der Waals surface area (Å²) in [5.41, 5.74) is 2.82. The van der Waals surface area contributed by atoms with Gasteiger partial charge in [0.25, 0.3) is 5.91 Å². The van der Waals surface area contributed by atoms with E-state index in [4.69, 9.17) is 31.2 Å². The third kappa shape index (κ3) is 5.89. The van der Waals surface area contributed by atoms with Crippen LogP contribution >= 0.6 is 24.0 Å². The lowest BCUT2D eigenvalue weighted by molar-refractivity contribution is -0.115. The SMILES string of the molecule is COc1cc(/C=C2/SC(=S)NC2=O)ccc1OCc1ccc(OCc2ccccc2)c(OC)c1. The Hall–Kier alpha value is -3.49. The lowest BCUT2D eigenvalue weighted by Gasteiger charge is -2.14. The number of carbonyl (C=O) groups excluding carboxylic acids is 1. The summed E-state index contributed by atoms with van der Waals surface area (Å²) >= 11 is 6.27. The molecular weight excluding hydrogens is 470 g/mol. The van der Waals surface area contributed by atoms with Crippen LogP contribution in [0.15, 0.2) is 71.6 Å². The van der Waals surface area contributed by atoms with Crippen LogP contribution in [0.5, 0.6) is 23.0 Å². The summed E-state index contributed by atoms with van der Waals surface area (Å²) in [6, 6.07) is 21.2. The summed E-state index contributed by atoms with van der Waals surface area (Å²) in [7, 11) is 3.19. The van der Waals surface area contributed by atoms with Crippen molar-refractivity contribution >= 4 is 40.3 Å². The number of nitrogens with one attached hydrogen (secondary N) is 1. The number of carbonyl (C=O) groups is 1. The molecular formula is C26H23NO5S2. The van der Waals surface area contributed by atoms with Crippen molar-refractivity contribution in [3.63, 3.8) is 0 Å². The normalized spacial score (nSPS) is 14.1. The number of thioether (sulfide) groups is 1. The lowest BCUT2D eigenvalue weighted by atomic mass is 10.1. The van der Waals surface area contributed by atoms with Gasteiger partial charge >= 0.3 is 0 Å². The van der Waals surface area contributed by atoms with E-state index < -0.39 is 0 Å². The standard InChI is InChI=1S/C26H23NO5S2/c1-29-22-12-18(14-24-25(28)27-26(33)34-24)8-10-20(22)32-16-19-9-11-21(23(13-19)30-2)31-15-17-6-4-3-5-7-17/h3-14H,15-16H2,1-2H3,(H,27,28,33)/b24-14+. The van der Waals surface area contributed by atoms with Gasteiger partial charge in [-0.15, -0.1) is 0 Å². The molecule has 3 aromatic rings. The van der Waals surface area contributed by atoms with E-state index in [0.29, 0.717) is 45.4 Å². The van der Waals surface area contributed by atoms with Crippen LogP contribution in [0.3, 0.4) is 0 Å². The Morgan fingerprint density at radius 1 is 0.824 bits per heavy atom. The van der Waals surface area contributed by atoms with Gasteiger partial charge in [-0.25, -0.2) is 0 Å². The van der Waals surface area contributed by atoms with Crippen LogP contribution in [0.2, 0.25) is 0 Å². The van der Waals surface area contributed by atoms with Gasteiger partial charge in [-0.05, 0) is 47.0 Å². The van der Waals surface area contributed by atoms with Crippen molar-refractivity contribution in [1.29, 1.82) is 0 Å². The van der Waals surface area contributed by atoms with Gasteiger partial charge in [0.15, 0.2) is 23.0 Å². The highest BCUT2D eigenvalue weighted by Crippen LogP contribution is 2.33. The Morgan fingerprint density at radius 2 is 1.47 bits per heavy atom. The van der Waals surface area contributed by atoms with Crippen molar-refractivity contribution in [2.45, 2.75) is 13.2 Å². The van der Waals surface area contributed by atoms with Crippen LogP contribution in [0.4, 0.5) is 0 Å². The molecule has 3 aromatic carbocycles. The molecule has 1 amide bonds. The Labute approximate surface area is 207 Å². The zero-order valence-corrected chi connectivity index (χ0v) is 20.3. The van der Waals surface area contributed by atoms with Gasteiger partial charge in [-0.3, -0.25) is 4.79 Å². The van der Waals surface area contributed by atoms with Gasteiger partial charge in [-0.2, -0.15) is 0 Å². The minimum Gasteiger partial charge on any atom is -0.493 e. The quantitative estimate of drug-likeness (QED) is 0.318.